The maximum atomic E-state index is 9.27. The molecule has 0 atom stereocenters. The van der Waals surface area contributed by atoms with Crippen LogP contribution in [0.2, 0.25) is 0 Å². The van der Waals surface area contributed by atoms with Gasteiger partial charge in [-0.15, -0.1) is 0 Å². The molecule has 0 N–H and O–H groups in total. The fourth-order valence-electron chi connectivity index (χ4n) is 3.31. The lowest BCUT2D eigenvalue weighted by atomic mass is 10.2. The Morgan fingerprint density at radius 3 is 2.42 bits per heavy atom. The lowest BCUT2D eigenvalue weighted by molar-refractivity contribution is 0.122. The standard InChI is InChI=1S/C18H21N7O/c19-14-15-2-1-4-20-17(15)24-6-8-25(9-7-24)18-21-5-3-16(22-18)23-10-12-26-13-11-23/h1-5H,6-13H2. The Hall–Kier alpha value is -2.92. The number of pyridine rings is 1. The van der Waals surface area contributed by atoms with Crippen molar-refractivity contribution in [1.29, 1.82) is 5.26 Å². The minimum atomic E-state index is 0.617. The quantitative estimate of drug-likeness (QED) is 0.807. The second kappa shape index (κ2) is 7.54. The molecular formula is C18H21N7O. The number of nitriles is 1. The molecule has 0 saturated carbocycles. The van der Waals surface area contributed by atoms with Gasteiger partial charge in [-0.25, -0.2) is 9.97 Å². The van der Waals surface area contributed by atoms with E-state index in [1.165, 1.54) is 0 Å². The van der Waals surface area contributed by atoms with E-state index in [1.54, 1.807) is 12.3 Å². The van der Waals surface area contributed by atoms with E-state index < -0.39 is 0 Å². The average molecular weight is 351 g/mol. The second-order valence-corrected chi connectivity index (χ2v) is 6.27. The normalized spacial score (nSPS) is 17.9. The molecule has 0 spiro atoms. The molecule has 0 aliphatic carbocycles. The summed E-state index contributed by atoms with van der Waals surface area (Å²) < 4.78 is 5.41. The maximum absolute atomic E-state index is 9.27. The largest absolute Gasteiger partial charge is 0.378 e. The molecule has 2 saturated heterocycles. The van der Waals surface area contributed by atoms with Crippen molar-refractivity contribution in [1.82, 2.24) is 15.0 Å². The first-order chi connectivity index (χ1) is 12.8. The first kappa shape index (κ1) is 16.5. The van der Waals surface area contributed by atoms with Gasteiger partial charge < -0.3 is 19.4 Å². The molecule has 0 bridgehead atoms. The van der Waals surface area contributed by atoms with E-state index in [4.69, 9.17) is 9.72 Å². The zero-order valence-electron chi connectivity index (χ0n) is 14.6. The summed E-state index contributed by atoms with van der Waals surface area (Å²) in [5.41, 5.74) is 0.617. The molecule has 2 aromatic heterocycles. The van der Waals surface area contributed by atoms with Crippen molar-refractivity contribution in [2.45, 2.75) is 0 Å². The number of hydrogen-bond acceptors (Lipinski definition) is 8. The van der Waals surface area contributed by atoms with Crippen molar-refractivity contribution >= 4 is 17.6 Å². The average Bonchev–Trinajstić information content (AvgIpc) is 2.74. The number of anilines is 3. The van der Waals surface area contributed by atoms with Crippen LogP contribution < -0.4 is 14.7 Å². The fourth-order valence-corrected chi connectivity index (χ4v) is 3.31. The van der Waals surface area contributed by atoms with E-state index >= 15 is 0 Å². The van der Waals surface area contributed by atoms with Crippen molar-refractivity contribution in [3.63, 3.8) is 0 Å². The molecule has 0 amide bonds. The molecule has 2 aromatic rings. The van der Waals surface area contributed by atoms with E-state index in [2.05, 4.69) is 30.7 Å². The molecule has 8 nitrogen and oxygen atoms in total. The van der Waals surface area contributed by atoms with Gasteiger partial charge in [0.1, 0.15) is 17.7 Å². The summed E-state index contributed by atoms with van der Waals surface area (Å²) in [4.78, 5) is 20.2. The zero-order valence-corrected chi connectivity index (χ0v) is 14.6. The Labute approximate surface area is 152 Å². The van der Waals surface area contributed by atoms with Crippen LogP contribution in [0.4, 0.5) is 17.6 Å². The van der Waals surface area contributed by atoms with Gasteiger partial charge in [0.25, 0.3) is 0 Å². The smallest absolute Gasteiger partial charge is 0.227 e. The number of piperazine rings is 1. The van der Waals surface area contributed by atoms with Crippen molar-refractivity contribution in [2.24, 2.45) is 0 Å². The summed E-state index contributed by atoms with van der Waals surface area (Å²) >= 11 is 0. The van der Waals surface area contributed by atoms with Crippen molar-refractivity contribution in [3.8, 4) is 6.07 Å². The third-order valence-corrected chi connectivity index (χ3v) is 4.73. The van der Waals surface area contributed by atoms with Gasteiger partial charge in [-0.05, 0) is 18.2 Å². The van der Waals surface area contributed by atoms with Gasteiger partial charge in [0.05, 0.1) is 18.8 Å². The lowest BCUT2D eigenvalue weighted by Gasteiger charge is -2.36. The van der Waals surface area contributed by atoms with Crippen LogP contribution in [0.15, 0.2) is 30.6 Å². The van der Waals surface area contributed by atoms with E-state index in [0.29, 0.717) is 5.56 Å². The molecule has 26 heavy (non-hydrogen) atoms. The Kier molecular flexibility index (Phi) is 4.80. The van der Waals surface area contributed by atoms with Crippen LogP contribution in [-0.2, 0) is 4.74 Å². The van der Waals surface area contributed by atoms with Crippen LogP contribution >= 0.6 is 0 Å². The highest BCUT2D eigenvalue weighted by atomic mass is 16.5. The van der Waals surface area contributed by atoms with Crippen molar-refractivity contribution in [3.05, 3.63) is 36.2 Å². The monoisotopic (exact) mass is 351 g/mol. The fraction of sp³-hybridized carbons (Fsp3) is 0.444. The Balaban J connectivity index is 1.44. The van der Waals surface area contributed by atoms with Crippen LogP contribution in [0.1, 0.15) is 5.56 Å². The SMILES string of the molecule is N#Cc1cccnc1N1CCN(c2nccc(N3CCOCC3)n2)CC1. The van der Waals surface area contributed by atoms with Crippen LogP contribution in [0.25, 0.3) is 0 Å². The maximum Gasteiger partial charge on any atom is 0.227 e. The summed E-state index contributed by atoms with van der Waals surface area (Å²) in [6, 6.07) is 7.78. The first-order valence-electron chi connectivity index (χ1n) is 8.86. The number of hydrogen-bond donors (Lipinski definition) is 0. The number of rotatable bonds is 3. The summed E-state index contributed by atoms with van der Waals surface area (Å²) in [5.74, 6) is 2.48. The van der Waals surface area contributed by atoms with Crippen LogP contribution in [0.5, 0.6) is 0 Å². The van der Waals surface area contributed by atoms with E-state index in [1.807, 2.05) is 18.3 Å². The topological polar surface area (TPSA) is 81.4 Å². The van der Waals surface area contributed by atoms with Crippen LogP contribution in [-0.4, -0.2) is 67.4 Å². The Morgan fingerprint density at radius 1 is 0.885 bits per heavy atom. The van der Waals surface area contributed by atoms with Gasteiger partial charge >= 0.3 is 0 Å². The molecule has 2 aliphatic heterocycles. The molecule has 8 heteroatoms. The van der Waals surface area contributed by atoms with Crippen LogP contribution in [0.3, 0.4) is 0 Å². The third-order valence-electron chi connectivity index (χ3n) is 4.73. The summed E-state index contributed by atoms with van der Waals surface area (Å²) in [5, 5.41) is 9.27. The summed E-state index contributed by atoms with van der Waals surface area (Å²) in [6.45, 7) is 6.38. The molecule has 134 valence electrons. The van der Waals surface area contributed by atoms with Gasteiger partial charge in [0.2, 0.25) is 5.95 Å². The van der Waals surface area contributed by atoms with Crippen molar-refractivity contribution < 1.29 is 4.74 Å². The van der Waals surface area contributed by atoms with E-state index in [9.17, 15) is 5.26 Å². The molecular weight excluding hydrogens is 330 g/mol. The van der Waals surface area contributed by atoms with Crippen LogP contribution in [0, 0.1) is 11.3 Å². The Morgan fingerprint density at radius 2 is 1.65 bits per heavy atom. The summed E-state index contributed by atoms with van der Waals surface area (Å²) in [6.07, 6.45) is 3.56. The number of nitrogens with zero attached hydrogens (tertiary/aromatic N) is 7. The highest BCUT2D eigenvalue weighted by Gasteiger charge is 2.22. The lowest BCUT2D eigenvalue weighted by Crippen LogP contribution is -2.47. The molecule has 2 aliphatic rings. The van der Waals surface area contributed by atoms with Gasteiger partial charge in [0.15, 0.2) is 0 Å². The number of ether oxygens (including phenoxy) is 1. The van der Waals surface area contributed by atoms with E-state index in [0.717, 1.165) is 70.1 Å². The third kappa shape index (κ3) is 3.39. The predicted molar refractivity (Wildman–Crippen MR) is 98.4 cm³/mol. The van der Waals surface area contributed by atoms with Crippen molar-refractivity contribution in [2.75, 3.05) is 67.2 Å². The molecule has 4 rings (SSSR count). The van der Waals surface area contributed by atoms with Gasteiger partial charge in [0, 0.05) is 51.7 Å². The highest BCUT2D eigenvalue weighted by Crippen LogP contribution is 2.21. The molecule has 0 radical (unpaired) electrons. The predicted octanol–water partition coefficient (Wildman–Crippen LogP) is 0.906. The number of morpholine rings is 1. The first-order valence-corrected chi connectivity index (χ1v) is 8.86. The molecule has 0 aromatic carbocycles. The highest BCUT2D eigenvalue weighted by molar-refractivity contribution is 5.54. The van der Waals surface area contributed by atoms with Gasteiger partial charge in [-0.2, -0.15) is 10.2 Å². The zero-order chi connectivity index (χ0) is 17.8. The Bertz CT molecular complexity index is 792. The summed E-state index contributed by atoms with van der Waals surface area (Å²) in [7, 11) is 0. The molecule has 2 fully saturated rings. The van der Waals surface area contributed by atoms with Gasteiger partial charge in [-0.3, -0.25) is 0 Å². The van der Waals surface area contributed by atoms with Gasteiger partial charge in [-0.1, -0.05) is 0 Å². The second-order valence-electron chi connectivity index (χ2n) is 6.27. The van der Waals surface area contributed by atoms with E-state index in [-0.39, 0.29) is 0 Å². The minimum Gasteiger partial charge on any atom is -0.378 e. The number of aromatic nitrogens is 3. The minimum absolute atomic E-state index is 0.617. The molecule has 4 heterocycles. The molecule has 0 unspecified atom stereocenters.